The third-order valence-corrected chi connectivity index (χ3v) is 4.31. The summed E-state index contributed by atoms with van der Waals surface area (Å²) in [6, 6.07) is 0. The van der Waals surface area contributed by atoms with E-state index < -0.39 is 5.97 Å². The van der Waals surface area contributed by atoms with E-state index in [9.17, 15) is 9.59 Å². The van der Waals surface area contributed by atoms with E-state index in [1.165, 1.54) is 0 Å². The van der Waals surface area contributed by atoms with Crippen molar-refractivity contribution in [2.24, 2.45) is 11.3 Å². The normalized spacial score (nSPS) is 19.4. The lowest BCUT2D eigenvalue weighted by molar-refractivity contribution is -0.138. The standard InChI is InChI=1S/C14H25NO3/c1-3-11(9-12(16)17)10-15-13(18)14(4-2)7-5-6-8-14/h11H,3-10H2,1-2H3,(H,15,18)(H,16,17). The summed E-state index contributed by atoms with van der Waals surface area (Å²) >= 11 is 0. The van der Waals surface area contributed by atoms with E-state index in [1.807, 2.05) is 6.92 Å². The minimum atomic E-state index is -0.790. The Morgan fingerprint density at radius 1 is 1.28 bits per heavy atom. The van der Waals surface area contributed by atoms with Crippen molar-refractivity contribution < 1.29 is 14.7 Å². The molecule has 4 nitrogen and oxygen atoms in total. The van der Waals surface area contributed by atoms with Crippen LogP contribution in [0.1, 0.15) is 58.8 Å². The van der Waals surface area contributed by atoms with Gasteiger partial charge in [0.05, 0.1) is 0 Å². The van der Waals surface area contributed by atoms with Gasteiger partial charge in [0, 0.05) is 18.4 Å². The Kier molecular flexibility index (Phi) is 5.63. The molecule has 1 atom stereocenters. The van der Waals surface area contributed by atoms with Gasteiger partial charge in [-0.2, -0.15) is 0 Å². The fourth-order valence-corrected chi connectivity index (χ4v) is 2.83. The van der Waals surface area contributed by atoms with Crippen molar-refractivity contribution in [3.8, 4) is 0 Å². The van der Waals surface area contributed by atoms with Crippen LogP contribution in [-0.2, 0) is 9.59 Å². The quantitative estimate of drug-likeness (QED) is 0.734. The van der Waals surface area contributed by atoms with Gasteiger partial charge in [-0.05, 0) is 25.2 Å². The topological polar surface area (TPSA) is 66.4 Å². The highest BCUT2D eigenvalue weighted by atomic mass is 16.4. The highest BCUT2D eigenvalue weighted by Gasteiger charge is 2.39. The zero-order valence-electron chi connectivity index (χ0n) is 11.5. The van der Waals surface area contributed by atoms with E-state index in [4.69, 9.17) is 5.11 Å². The van der Waals surface area contributed by atoms with E-state index in [1.54, 1.807) is 0 Å². The lowest BCUT2D eigenvalue weighted by atomic mass is 9.82. The summed E-state index contributed by atoms with van der Waals surface area (Å²) in [5, 5.41) is 11.7. The van der Waals surface area contributed by atoms with Crippen LogP contribution in [0.5, 0.6) is 0 Å². The molecule has 2 N–H and O–H groups in total. The van der Waals surface area contributed by atoms with Crippen LogP contribution in [0.25, 0.3) is 0 Å². The Labute approximate surface area is 109 Å². The molecule has 0 aromatic carbocycles. The lowest BCUT2D eigenvalue weighted by Crippen LogP contribution is -2.41. The maximum Gasteiger partial charge on any atom is 0.303 e. The first-order valence-electron chi connectivity index (χ1n) is 7.04. The summed E-state index contributed by atoms with van der Waals surface area (Å²) < 4.78 is 0. The molecule has 104 valence electrons. The van der Waals surface area contributed by atoms with Crippen LogP contribution in [0, 0.1) is 11.3 Å². The SMILES string of the molecule is CCC(CNC(=O)C1(CC)CCCC1)CC(=O)O. The maximum absolute atomic E-state index is 12.2. The predicted octanol–water partition coefficient (Wildman–Crippen LogP) is 2.57. The average Bonchev–Trinajstić information content (AvgIpc) is 2.83. The third kappa shape index (κ3) is 3.72. The fraction of sp³-hybridized carbons (Fsp3) is 0.857. The second kappa shape index (κ2) is 6.76. The Morgan fingerprint density at radius 3 is 2.33 bits per heavy atom. The van der Waals surface area contributed by atoms with Crippen molar-refractivity contribution in [1.29, 1.82) is 0 Å². The molecule has 0 spiro atoms. The molecule has 0 saturated heterocycles. The highest BCUT2D eigenvalue weighted by Crippen LogP contribution is 2.41. The molecule has 0 radical (unpaired) electrons. The van der Waals surface area contributed by atoms with Gasteiger partial charge in [0.25, 0.3) is 0 Å². The molecule has 0 aromatic heterocycles. The molecule has 1 aliphatic rings. The van der Waals surface area contributed by atoms with Gasteiger partial charge in [-0.3, -0.25) is 9.59 Å². The molecule has 0 aromatic rings. The second-order valence-corrected chi connectivity index (χ2v) is 5.42. The Morgan fingerprint density at radius 2 is 1.89 bits per heavy atom. The van der Waals surface area contributed by atoms with Crippen molar-refractivity contribution in [2.75, 3.05) is 6.54 Å². The number of aliphatic carboxylic acids is 1. The number of carbonyl (C=O) groups excluding carboxylic acids is 1. The number of amides is 1. The number of hydrogen-bond acceptors (Lipinski definition) is 2. The number of carboxylic acids is 1. The van der Waals surface area contributed by atoms with E-state index in [2.05, 4.69) is 12.2 Å². The zero-order valence-corrected chi connectivity index (χ0v) is 11.5. The van der Waals surface area contributed by atoms with Crippen LogP contribution in [0.15, 0.2) is 0 Å². The summed E-state index contributed by atoms with van der Waals surface area (Å²) in [5.41, 5.74) is -0.179. The first-order valence-corrected chi connectivity index (χ1v) is 7.04. The summed E-state index contributed by atoms with van der Waals surface area (Å²) in [5.74, 6) is -0.615. The molecule has 1 fully saturated rings. The molecule has 1 rings (SSSR count). The summed E-state index contributed by atoms with van der Waals surface area (Å²) in [6.45, 7) is 4.52. The van der Waals surface area contributed by atoms with Gasteiger partial charge in [-0.25, -0.2) is 0 Å². The van der Waals surface area contributed by atoms with E-state index in [0.717, 1.165) is 38.5 Å². The number of hydrogen-bond donors (Lipinski definition) is 2. The van der Waals surface area contributed by atoms with E-state index in [0.29, 0.717) is 6.54 Å². The monoisotopic (exact) mass is 255 g/mol. The number of rotatable bonds is 7. The molecule has 4 heteroatoms. The van der Waals surface area contributed by atoms with E-state index >= 15 is 0 Å². The first-order chi connectivity index (χ1) is 8.54. The lowest BCUT2D eigenvalue weighted by Gasteiger charge is -2.27. The van der Waals surface area contributed by atoms with Crippen molar-refractivity contribution in [1.82, 2.24) is 5.32 Å². The largest absolute Gasteiger partial charge is 0.481 e. The first kappa shape index (κ1) is 15.0. The van der Waals surface area contributed by atoms with Gasteiger partial charge in [-0.1, -0.05) is 33.1 Å². The molecule has 18 heavy (non-hydrogen) atoms. The minimum absolute atomic E-state index is 0.0433. The van der Waals surface area contributed by atoms with Crippen LogP contribution in [-0.4, -0.2) is 23.5 Å². The number of nitrogens with one attached hydrogen (secondary N) is 1. The van der Waals surface area contributed by atoms with Gasteiger partial charge in [0.15, 0.2) is 0 Å². The van der Waals surface area contributed by atoms with Crippen LogP contribution in [0.2, 0.25) is 0 Å². The van der Waals surface area contributed by atoms with Gasteiger partial charge in [0.1, 0.15) is 0 Å². The smallest absolute Gasteiger partial charge is 0.303 e. The van der Waals surface area contributed by atoms with Gasteiger partial charge < -0.3 is 10.4 Å². The van der Waals surface area contributed by atoms with Crippen LogP contribution < -0.4 is 5.32 Å². The molecular formula is C14H25NO3. The van der Waals surface area contributed by atoms with Crippen molar-refractivity contribution in [3.05, 3.63) is 0 Å². The molecule has 1 aliphatic carbocycles. The summed E-state index contributed by atoms with van der Waals surface area (Å²) in [6.07, 6.45) is 6.02. The van der Waals surface area contributed by atoms with Crippen LogP contribution in [0.3, 0.4) is 0 Å². The minimum Gasteiger partial charge on any atom is -0.481 e. The van der Waals surface area contributed by atoms with Crippen molar-refractivity contribution in [2.45, 2.75) is 58.8 Å². The average molecular weight is 255 g/mol. The molecule has 0 heterocycles. The Hall–Kier alpha value is -1.06. The summed E-state index contributed by atoms with van der Waals surface area (Å²) in [4.78, 5) is 22.9. The Balaban J connectivity index is 2.46. The maximum atomic E-state index is 12.2. The van der Waals surface area contributed by atoms with E-state index in [-0.39, 0.29) is 23.7 Å². The molecule has 1 unspecified atom stereocenters. The fourth-order valence-electron chi connectivity index (χ4n) is 2.83. The van der Waals surface area contributed by atoms with Crippen molar-refractivity contribution >= 4 is 11.9 Å². The summed E-state index contributed by atoms with van der Waals surface area (Å²) in [7, 11) is 0. The Bertz CT molecular complexity index is 295. The predicted molar refractivity (Wildman–Crippen MR) is 70.2 cm³/mol. The molecule has 0 aliphatic heterocycles. The van der Waals surface area contributed by atoms with Crippen LogP contribution >= 0.6 is 0 Å². The van der Waals surface area contributed by atoms with Crippen molar-refractivity contribution in [3.63, 3.8) is 0 Å². The molecule has 1 amide bonds. The highest BCUT2D eigenvalue weighted by molar-refractivity contribution is 5.82. The second-order valence-electron chi connectivity index (χ2n) is 5.42. The van der Waals surface area contributed by atoms with Gasteiger partial charge in [0.2, 0.25) is 5.91 Å². The zero-order chi connectivity index (χ0) is 13.6. The molecule has 1 saturated carbocycles. The molecule has 0 bridgehead atoms. The van der Waals surface area contributed by atoms with Crippen LogP contribution in [0.4, 0.5) is 0 Å². The number of carboxylic acid groups (broad SMARTS) is 1. The van der Waals surface area contributed by atoms with Gasteiger partial charge in [-0.15, -0.1) is 0 Å². The third-order valence-electron chi connectivity index (χ3n) is 4.31. The molecular weight excluding hydrogens is 230 g/mol. The number of carbonyl (C=O) groups is 2. The van der Waals surface area contributed by atoms with Gasteiger partial charge >= 0.3 is 5.97 Å².